The lowest BCUT2D eigenvalue weighted by Crippen LogP contribution is -2.62. The summed E-state index contributed by atoms with van der Waals surface area (Å²) < 4.78 is 4.75. The van der Waals surface area contributed by atoms with Crippen LogP contribution in [0.5, 0.6) is 0 Å². The van der Waals surface area contributed by atoms with E-state index < -0.39 is 53.6 Å². The van der Waals surface area contributed by atoms with E-state index in [1.807, 2.05) is 54.6 Å². The Labute approximate surface area is 305 Å². The van der Waals surface area contributed by atoms with Crippen molar-refractivity contribution in [3.63, 3.8) is 0 Å². The van der Waals surface area contributed by atoms with E-state index in [0.29, 0.717) is 29.0 Å². The van der Waals surface area contributed by atoms with Crippen LogP contribution >= 0.6 is 0 Å². The Morgan fingerprint density at radius 2 is 1.54 bits per heavy atom. The number of amides is 3. The number of carbonyl (C=O) groups excluding carboxylic acids is 3. The zero-order valence-corrected chi connectivity index (χ0v) is 30.0. The van der Waals surface area contributed by atoms with Crippen molar-refractivity contribution in [2.24, 2.45) is 5.41 Å². The molecule has 4 N–H and O–H groups in total. The third kappa shape index (κ3) is 10.3. The molecule has 1 heterocycles. The average Bonchev–Trinajstić information content (AvgIpc) is 3.59. The number of pyridine rings is 1. The number of hydroxylamine groups is 2. The minimum Gasteiger partial charge on any atom is -0.453 e. The van der Waals surface area contributed by atoms with Crippen LogP contribution in [0.15, 0.2) is 116 Å². The van der Waals surface area contributed by atoms with E-state index in [4.69, 9.17) is 11.2 Å². The van der Waals surface area contributed by atoms with Crippen molar-refractivity contribution in [1.29, 1.82) is 0 Å². The van der Waals surface area contributed by atoms with Crippen molar-refractivity contribution in [1.82, 2.24) is 25.8 Å². The first kappa shape index (κ1) is 39.2. The maximum atomic E-state index is 14.3. The number of aliphatic hydroxyl groups is 1. The monoisotopic (exact) mass is 705 g/mol. The maximum Gasteiger partial charge on any atom is 0.407 e. The van der Waals surface area contributed by atoms with Gasteiger partial charge in [0.1, 0.15) is 12.1 Å². The van der Waals surface area contributed by atoms with E-state index in [1.165, 1.54) is 12.1 Å². The largest absolute Gasteiger partial charge is 0.453 e. The topological polar surface area (TPSA) is 144 Å². The molecule has 11 nitrogen and oxygen atoms in total. The van der Waals surface area contributed by atoms with E-state index in [9.17, 15) is 24.7 Å². The number of alkyl carbamates (subject to hydrolysis) is 1. The summed E-state index contributed by atoms with van der Waals surface area (Å²) in [6.45, 7) is 4.81. The fourth-order valence-corrected chi connectivity index (χ4v) is 6.13. The average molecular weight is 706 g/mol. The third-order valence-electron chi connectivity index (χ3n) is 8.75. The number of benzene rings is 3. The number of hydrogen-bond acceptors (Lipinski definition) is 8. The standard InChI is InChI=1S/C36H42N4O6.C5H5N/c1-6-29(27-18-11-8-12-19-27)39(38-32(41)31(35(2,3)4)37-34(43)46-5)24-36(44,23-25-15-9-7-10-16-25)33(42)40(45)30-22-21-26-17-13-14-20-28(26)30;1-2-4-6-5-3-1/h1,7-20,29-31,44-45H,21-24H2,2-5H3,(H,37,43)(H,38,41);1-5H/t29?,30?,31-,36+;/m1./s1. The number of aryl methyl sites for hydroxylation is 1. The lowest BCUT2D eigenvalue weighted by Gasteiger charge is -2.40. The van der Waals surface area contributed by atoms with Crippen LogP contribution < -0.4 is 10.7 Å². The van der Waals surface area contributed by atoms with Crippen LogP contribution in [0.4, 0.5) is 4.79 Å². The molecular formula is C41H47N5O6. The van der Waals surface area contributed by atoms with E-state index in [1.54, 1.807) is 81.7 Å². The Morgan fingerprint density at radius 3 is 2.10 bits per heavy atom. The molecule has 0 radical (unpaired) electrons. The van der Waals surface area contributed by atoms with Crippen LogP contribution in [0, 0.1) is 17.8 Å². The van der Waals surface area contributed by atoms with E-state index >= 15 is 0 Å². The van der Waals surface area contributed by atoms with Crippen molar-refractivity contribution < 1.29 is 29.4 Å². The summed E-state index contributed by atoms with van der Waals surface area (Å²) in [5.74, 6) is 1.09. The number of hydrazine groups is 1. The van der Waals surface area contributed by atoms with E-state index in [0.717, 1.165) is 11.1 Å². The van der Waals surface area contributed by atoms with Crippen molar-refractivity contribution in [3.05, 3.63) is 138 Å². The van der Waals surface area contributed by atoms with Gasteiger partial charge in [-0.25, -0.2) is 9.86 Å². The number of methoxy groups -OCH3 is 1. The molecule has 0 saturated heterocycles. The second kappa shape index (κ2) is 18.1. The number of aromatic nitrogens is 1. The Morgan fingerprint density at radius 1 is 0.942 bits per heavy atom. The predicted octanol–water partition coefficient (Wildman–Crippen LogP) is 5.43. The van der Waals surface area contributed by atoms with Gasteiger partial charge in [-0.3, -0.25) is 25.2 Å². The van der Waals surface area contributed by atoms with Crippen LogP contribution in [0.3, 0.4) is 0 Å². The molecule has 1 aliphatic rings. The Bertz CT molecular complexity index is 1770. The lowest BCUT2D eigenvalue weighted by atomic mass is 9.86. The molecule has 0 bridgehead atoms. The fourth-order valence-electron chi connectivity index (χ4n) is 6.13. The van der Waals surface area contributed by atoms with Crippen LogP contribution in [0.2, 0.25) is 0 Å². The Balaban J connectivity index is 0.000000913. The van der Waals surface area contributed by atoms with Crippen LogP contribution in [-0.4, -0.2) is 68.6 Å². The Kier molecular flexibility index (Phi) is 13.7. The quantitative estimate of drug-likeness (QED) is 0.0920. The van der Waals surface area contributed by atoms with Crippen LogP contribution in [-0.2, 0) is 27.2 Å². The molecule has 11 heteroatoms. The van der Waals surface area contributed by atoms with Crippen LogP contribution in [0.25, 0.3) is 0 Å². The number of carbonyl (C=O) groups is 3. The number of fused-ring (bicyclic) bond motifs is 1. The normalized spacial score (nSPS) is 15.7. The second-order valence-electron chi connectivity index (χ2n) is 13.6. The maximum absolute atomic E-state index is 14.3. The molecule has 52 heavy (non-hydrogen) atoms. The Hall–Kier alpha value is -5.54. The second-order valence-corrected chi connectivity index (χ2v) is 13.6. The molecule has 0 saturated carbocycles. The van der Waals surface area contributed by atoms with E-state index in [2.05, 4.69) is 21.6 Å². The predicted molar refractivity (Wildman–Crippen MR) is 197 cm³/mol. The molecular weight excluding hydrogens is 658 g/mol. The first-order valence-electron chi connectivity index (χ1n) is 17.0. The summed E-state index contributed by atoms with van der Waals surface area (Å²) in [6, 6.07) is 28.4. The van der Waals surface area contributed by atoms with Gasteiger partial charge in [0.2, 0.25) is 0 Å². The summed E-state index contributed by atoms with van der Waals surface area (Å²) >= 11 is 0. The highest BCUT2D eigenvalue weighted by atomic mass is 16.5. The molecule has 4 aromatic rings. The fraction of sp³-hybridized carbons (Fsp3) is 0.317. The summed E-state index contributed by atoms with van der Waals surface area (Å²) in [6.07, 6.45) is 9.69. The van der Waals surface area contributed by atoms with Gasteiger partial charge in [-0.15, -0.1) is 6.42 Å². The number of nitrogens with one attached hydrogen (secondary N) is 2. The molecule has 5 rings (SSSR count). The van der Waals surface area contributed by atoms with Crippen molar-refractivity contribution in [3.8, 4) is 12.3 Å². The van der Waals surface area contributed by atoms with Crippen molar-refractivity contribution in [2.45, 2.75) is 63.8 Å². The van der Waals surface area contributed by atoms with Crippen LogP contribution in [0.1, 0.15) is 61.5 Å². The van der Waals surface area contributed by atoms with Gasteiger partial charge in [0.05, 0.1) is 19.7 Å². The van der Waals surface area contributed by atoms with Gasteiger partial charge in [0.25, 0.3) is 11.8 Å². The van der Waals surface area contributed by atoms with Gasteiger partial charge in [0.15, 0.2) is 5.60 Å². The highest BCUT2D eigenvalue weighted by Gasteiger charge is 2.46. The zero-order valence-electron chi connectivity index (χ0n) is 30.0. The number of hydrogen-bond donors (Lipinski definition) is 4. The number of nitrogens with zero attached hydrogens (tertiary/aromatic N) is 3. The summed E-state index contributed by atoms with van der Waals surface area (Å²) in [4.78, 5) is 44.1. The lowest BCUT2D eigenvalue weighted by molar-refractivity contribution is -0.199. The number of ether oxygens (including phenoxy) is 1. The van der Waals surface area contributed by atoms with E-state index in [-0.39, 0.29) is 6.42 Å². The summed E-state index contributed by atoms with van der Waals surface area (Å²) in [5, 5.41) is 28.3. The number of terminal acetylenes is 1. The zero-order chi connectivity index (χ0) is 37.7. The highest BCUT2D eigenvalue weighted by Crippen LogP contribution is 2.36. The third-order valence-corrected chi connectivity index (χ3v) is 8.75. The molecule has 2 unspecified atom stereocenters. The molecule has 3 aromatic carbocycles. The van der Waals surface area contributed by atoms with Gasteiger partial charge >= 0.3 is 6.09 Å². The molecule has 0 fully saturated rings. The molecule has 1 aromatic heterocycles. The smallest absolute Gasteiger partial charge is 0.407 e. The van der Waals surface area contributed by atoms with Gasteiger partial charge in [0, 0.05) is 18.8 Å². The van der Waals surface area contributed by atoms with Gasteiger partial charge < -0.3 is 15.2 Å². The molecule has 3 amide bonds. The number of rotatable bonds is 11. The molecule has 4 atom stereocenters. The van der Waals surface area contributed by atoms with Crippen molar-refractivity contribution >= 4 is 17.9 Å². The first-order valence-corrected chi connectivity index (χ1v) is 17.0. The highest BCUT2D eigenvalue weighted by molar-refractivity contribution is 5.87. The van der Waals surface area contributed by atoms with Gasteiger partial charge in [-0.1, -0.05) is 118 Å². The molecule has 1 aliphatic carbocycles. The summed E-state index contributed by atoms with van der Waals surface area (Å²) in [5.41, 5.74) is 2.82. The molecule has 0 spiro atoms. The molecule has 0 aliphatic heterocycles. The van der Waals surface area contributed by atoms with Gasteiger partial charge in [-0.2, -0.15) is 5.01 Å². The van der Waals surface area contributed by atoms with Crippen molar-refractivity contribution in [2.75, 3.05) is 13.7 Å². The van der Waals surface area contributed by atoms with Gasteiger partial charge in [-0.05, 0) is 52.6 Å². The SMILES string of the molecule is C#CC(c1ccccc1)N(C[C@@](O)(Cc1ccccc1)C(=O)N(O)C1CCc2ccccc21)NC(=O)[C@@H](NC(=O)OC)C(C)(C)C.c1ccncc1. The minimum absolute atomic E-state index is 0.195. The minimum atomic E-state index is -2.27. The summed E-state index contributed by atoms with van der Waals surface area (Å²) in [7, 11) is 1.20. The molecule has 272 valence electrons. The first-order chi connectivity index (χ1) is 24.9.